The molecule has 0 N–H and O–H groups in total. The number of hydrogen-bond acceptors (Lipinski definition) is 9. The highest BCUT2D eigenvalue weighted by molar-refractivity contribution is 7.89. The van der Waals surface area contributed by atoms with Gasteiger partial charge in [0.2, 0.25) is 10.0 Å². The molecule has 2 aliphatic rings. The molecule has 0 unspecified atom stereocenters. The van der Waals surface area contributed by atoms with E-state index in [0.29, 0.717) is 50.8 Å². The van der Waals surface area contributed by atoms with Crippen LogP contribution in [0.3, 0.4) is 0 Å². The molecule has 0 bridgehead atoms. The molecule has 0 aliphatic carbocycles. The van der Waals surface area contributed by atoms with Crippen molar-refractivity contribution in [2.45, 2.75) is 18.7 Å². The Morgan fingerprint density at radius 2 is 1.71 bits per heavy atom. The fraction of sp³-hybridized carbons (Fsp3) is 0.588. The van der Waals surface area contributed by atoms with E-state index in [4.69, 9.17) is 9.26 Å². The van der Waals surface area contributed by atoms with Crippen molar-refractivity contribution in [1.82, 2.24) is 19.7 Å². The van der Waals surface area contributed by atoms with Crippen LogP contribution in [0.5, 0.6) is 0 Å². The summed E-state index contributed by atoms with van der Waals surface area (Å²) in [4.78, 5) is 4.46. The Morgan fingerprint density at radius 3 is 2.36 bits per heavy atom. The van der Waals surface area contributed by atoms with Crippen LogP contribution in [0.2, 0.25) is 0 Å². The van der Waals surface area contributed by atoms with Crippen molar-refractivity contribution >= 4 is 21.5 Å². The lowest BCUT2D eigenvalue weighted by molar-refractivity contribution is 0.122. The fourth-order valence-corrected chi connectivity index (χ4v) is 5.34. The summed E-state index contributed by atoms with van der Waals surface area (Å²) in [5.74, 6) is 1.09. The zero-order chi connectivity index (χ0) is 19.7. The lowest BCUT2D eigenvalue weighted by atomic mass is 10.3. The van der Waals surface area contributed by atoms with E-state index in [9.17, 15) is 8.42 Å². The summed E-state index contributed by atoms with van der Waals surface area (Å²) in [6.45, 7) is 8.16. The molecule has 4 rings (SSSR count). The number of morpholine rings is 1. The third kappa shape index (κ3) is 3.56. The summed E-state index contributed by atoms with van der Waals surface area (Å²) in [7, 11) is -3.62. The van der Waals surface area contributed by atoms with Crippen LogP contribution in [-0.2, 0) is 14.8 Å². The quantitative estimate of drug-likeness (QED) is 0.712. The van der Waals surface area contributed by atoms with Crippen LogP contribution in [0, 0.1) is 13.8 Å². The Labute approximate surface area is 164 Å². The van der Waals surface area contributed by atoms with Gasteiger partial charge in [-0.15, -0.1) is 5.10 Å². The largest absolute Gasteiger partial charge is 0.378 e. The molecule has 2 aliphatic heterocycles. The van der Waals surface area contributed by atoms with Crippen molar-refractivity contribution in [2.24, 2.45) is 0 Å². The van der Waals surface area contributed by atoms with E-state index in [1.807, 2.05) is 6.07 Å². The summed E-state index contributed by atoms with van der Waals surface area (Å²) in [5, 5.41) is 12.2. The van der Waals surface area contributed by atoms with Gasteiger partial charge in [-0.2, -0.15) is 9.40 Å². The molecule has 0 atom stereocenters. The molecule has 0 aromatic carbocycles. The number of aromatic nitrogens is 3. The van der Waals surface area contributed by atoms with Crippen LogP contribution >= 0.6 is 0 Å². The van der Waals surface area contributed by atoms with Crippen LogP contribution in [-0.4, -0.2) is 80.6 Å². The van der Waals surface area contributed by atoms with Gasteiger partial charge in [-0.1, -0.05) is 5.16 Å². The number of ether oxygens (including phenoxy) is 1. The molecule has 28 heavy (non-hydrogen) atoms. The Balaban J connectivity index is 1.46. The van der Waals surface area contributed by atoms with Gasteiger partial charge in [0, 0.05) is 45.3 Å². The lowest BCUT2D eigenvalue weighted by Crippen LogP contribution is -2.49. The van der Waals surface area contributed by atoms with Gasteiger partial charge in [-0.3, -0.25) is 0 Å². The molecule has 4 heterocycles. The van der Waals surface area contributed by atoms with Gasteiger partial charge in [0.15, 0.2) is 11.6 Å². The maximum Gasteiger partial charge on any atom is 0.248 e. The minimum Gasteiger partial charge on any atom is -0.378 e. The number of nitrogens with zero attached hydrogens (tertiary/aromatic N) is 6. The molecule has 11 heteroatoms. The monoisotopic (exact) mass is 408 g/mol. The van der Waals surface area contributed by atoms with E-state index in [1.54, 1.807) is 20.0 Å². The molecule has 2 aromatic heterocycles. The topological polar surface area (TPSA) is 105 Å². The second-order valence-electron chi connectivity index (χ2n) is 6.92. The SMILES string of the molecule is Cc1noc(C)c1S(=O)(=O)N1CCN(c2cc(N3CCOCC3)cnn2)CC1. The predicted octanol–water partition coefficient (Wildman–Crippen LogP) is 0.429. The summed E-state index contributed by atoms with van der Waals surface area (Å²) in [6, 6.07) is 2.01. The van der Waals surface area contributed by atoms with Crippen LogP contribution in [0.25, 0.3) is 0 Å². The summed E-state index contributed by atoms with van der Waals surface area (Å²) in [6.07, 6.45) is 1.76. The van der Waals surface area contributed by atoms with Gasteiger partial charge in [-0.25, -0.2) is 8.42 Å². The maximum absolute atomic E-state index is 13.0. The van der Waals surface area contributed by atoms with Crippen LogP contribution < -0.4 is 9.80 Å². The Bertz CT molecular complexity index is 913. The van der Waals surface area contributed by atoms with E-state index >= 15 is 0 Å². The molecule has 0 radical (unpaired) electrons. The summed E-state index contributed by atoms with van der Waals surface area (Å²) >= 11 is 0. The third-order valence-corrected chi connectivity index (χ3v) is 7.28. The number of piperazine rings is 1. The van der Waals surface area contributed by atoms with Crippen molar-refractivity contribution in [1.29, 1.82) is 0 Å². The van der Waals surface area contributed by atoms with Crippen LogP contribution in [0.1, 0.15) is 11.5 Å². The van der Waals surface area contributed by atoms with E-state index < -0.39 is 10.0 Å². The molecule has 152 valence electrons. The van der Waals surface area contributed by atoms with Crippen molar-refractivity contribution in [2.75, 3.05) is 62.3 Å². The molecular formula is C17H24N6O4S. The van der Waals surface area contributed by atoms with Gasteiger partial charge in [0.25, 0.3) is 0 Å². The van der Waals surface area contributed by atoms with Crippen molar-refractivity contribution in [3.8, 4) is 0 Å². The minimum absolute atomic E-state index is 0.176. The van der Waals surface area contributed by atoms with Gasteiger partial charge in [0.05, 0.1) is 25.1 Å². The number of sulfonamides is 1. The first-order valence-electron chi connectivity index (χ1n) is 9.30. The molecule has 2 saturated heterocycles. The van der Waals surface area contributed by atoms with Gasteiger partial charge >= 0.3 is 0 Å². The number of aryl methyl sites for hydroxylation is 2. The molecule has 2 aromatic rings. The minimum atomic E-state index is -3.62. The lowest BCUT2D eigenvalue weighted by Gasteiger charge is -2.35. The normalized spacial score (nSPS) is 19.2. The van der Waals surface area contributed by atoms with Crippen molar-refractivity contribution in [3.63, 3.8) is 0 Å². The van der Waals surface area contributed by atoms with E-state index in [0.717, 1.165) is 24.6 Å². The fourth-order valence-electron chi connectivity index (χ4n) is 3.62. The van der Waals surface area contributed by atoms with E-state index in [2.05, 4.69) is 25.2 Å². The molecule has 10 nitrogen and oxygen atoms in total. The standard InChI is InChI=1S/C17H24N6O4S/c1-13-17(14(2)27-20-13)28(24,25)23-5-3-22(4-6-23)16-11-15(12-18-19-16)21-7-9-26-10-8-21/h11-12H,3-10H2,1-2H3. The average Bonchev–Trinajstić information content (AvgIpc) is 3.08. The van der Waals surface area contributed by atoms with Gasteiger partial charge in [-0.05, 0) is 13.8 Å². The Morgan fingerprint density at radius 1 is 1.00 bits per heavy atom. The number of rotatable bonds is 4. The van der Waals surface area contributed by atoms with Gasteiger partial charge < -0.3 is 19.1 Å². The van der Waals surface area contributed by atoms with E-state index in [-0.39, 0.29) is 4.90 Å². The molecule has 0 amide bonds. The Hall–Kier alpha value is -2.24. The molecular weight excluding hydrogens is 384 g/mol. The Kier molecular flexibility index (Phi) is 5.21. The number of anilines is 2. The smallest absolute Gasteiger partial charge is 0.248 e. The molecule has 0 spiro atoms. The third-order valence-electron chi connectivity index (χ3n) is 5.13. The second kappa shape index (κ2) is 7.64. The zero-order valence-corrected chi connectivity index (χ0v) is 16.9. The van der Waals surface area contributed by atoms with Crippen LogP contribution in [0.15, 0.2) is 21.7 Å². The van der Waals surface area contributed by atoms with E-state index in [1.165, 1.54) is 4.31 Å². The first kappa shape index (κ1) is 19.1. The predicted molar refractivity (Wildman–Crippen MR) is 102 cm³/mol. The van der Waals surface area contributed by atoms with Gasteiger partial charge in [0.1, 0.15) is 10.6 Å². The second-order valence-corrected chi connectivity index (χ2v) is 8.79. The highest BCUT2D eigenvalue weighted by atomic mass is 32.2. The first-order valence-corrected chi connectivity index (χ1v) is 10.7. The average molecular weight is 408 g/mol. The van der Waals surface area contributed by atoms with Crippen molar-refractivity contribution in [3.05, 3.63) is 23.7 Å². The highest BCUT2D eigenvalue weighted by Gasteiger charge is 2.33. The summed E-state index contributed by atoms with van der Waals surface area (Å²) < 4.78 is 37.8. The number of hydrogen-bond donors (Lipinski definition) is 0. The van der Waals surface area contributed by atoms with Crippen LogP contribution in [0.4, 0.5) is 11.5 Å². The first-order chi connectivity index (χ1) is 13.5. The molecule has 0 saturated carbocycles. The molecule has 2 fully saturated rings. The maximum atomic E-state index is 13.0. The zero-order valence-electron chi connectivity index (χ0n) is 16.0. The highest BCUT2D eigenvalue weighted by Crippen LogP contribution is 2.26. The summed E-state index contributed by atoms with van der Waals surface area (Å²) in [5.41, 5.74) is 1.41. The van der Waals surface area contributed by atoms with Crippen molar-refractivity contribution < 1.29 is 17.7 Å².